The smallest absolute Gasteiger partial charge is 0.254 e. The molecule has 1 amide bonds. The Balaban J connectivity index is 1.56. The first-order valence-electron chi connectivity index (χ1n) is 8.96. The topological polar surface area (TPSA) is 97.0 Å². The van der Waals surface area contributed by atoms with E-state index in [0.29, 0.717) is 36.0 Å². The molecule has 3 aromatic rings. The highest BCUT2D eigenvalue weighted by molar-refractivity contribution is 5.78. The van der Waals surface area contributed by atoms with Gasteiger partial charge in [0.05, 0.1) is 12.1 Å². The third-order valence-corrected chi connectivity index (χ3v) is 4.18. The number of carbonyl (C=O) groups is 1. The zero-order chi connectivity index (χ0) is 19.9. The van der Waals surface area contributed by atoms with Crippen LogP contribution < -0.4 is 15.6 Å². The van der Waals surface area contributed by atoms with Crippen LogP contribution in [0.4, 0.5) is 0 Å². The second-order valence-corrected chi connectivity index (χ2v) is 6.43. The van der Waals surface area contributed by atoms with Crippen LogP contribution in [0.2, 0.25) is 0 Å². The van der Waals surface area contributed by atoms with Gasteiger partial charge in [0.2, 0.25) is 5.91 Å². The van der Waals surface area contributed by atoms with Gasteiger partial charge < -0.3 is 15.0 Å². The fourth-order valence-electron chi connectivity index (χ4n) is 2.77. The molecule has 0 atom stereocenters. The van der Waals surface area contributed by atoms with Crippen LogP contribution in [0.15, 0.2) is 53.5 Å². The van der Waals surface area contributed by atoms with Gasteiger partial charge in [-0.3, -0.25) is 14.6 Å². The highest BCUT2D eigenvalue weighted by Crippen LogP contribution is 2.14. The molecule has 2 aromatic heterocycles. The van der Waals surface area contributed by atoms with E-state index in [0.717, 1.165) is 11.3 Å². The maximum atomic E-state index is 12.2. The average molecular weight is 378 g/mol. The summed E-state index contributed by atoms with van der Waals surface area (Å²) in [7, 11) is 0. The van der Waals surface area contributed by atoms with Crippen LogP contribution in [0.1, 0.15) is 28.3 Å². The van der Waals surface area contributed by atoms with Crippen molar-refractivity contribution in [2.45, 2.75) is 33.4 Å². The Hall–Kier alpha value is -3.48. The van der Waals surface area contributed by atoms with Gasteiger partial charge in [0, 0.05) is 24.0 Å². The molecular weight excluding hydrogens is 356 g/mol. The largest absolute Gasteiger partial charge is 0.487 e. The fraction of sp³-hybridized carbons (Fsp3) is 0.238. The van der Waals surface area contributed by atoms with Gasteiger partial charge in [-0.05, 0) is 43.7 Å². The summed E-state index contributed by atoms with van der Waals surface area (Å²) in [5.74, 6) is 1.00. The molecule has 28 heavy (non-hydrogen) atoms. The predicted octanol–water partition coefficient (Wildman–Crippen LogP) is 2.22. The van der Waals surface area contributed by atoms with E-state index in [1.807, 2.05) is 42.5 Å². The Kier molecular flexibility index (Phi) is 6.16. The highest BCUT2D eigenvalue weighted by Gasteiger charge is 2.11. The number of hydrogen-bond acceptors (Lipinski definition) is 5. The lowest BCUT2D eigenvalue weighted by Crippen LogP contribution is -2.29. The van der Waals surface area contributed by atoms with E-state index in [-0.39, 0.29) is 17.9 Å². The van der Waals surface area contributed by atoms with Crippen LogP contribution in [-0.4, -0.2) is 20.9 Å². The van der Waals surface area contributed by atoms with Crippen LogP contribution in [0.3, 0.4) is 0 Å². The molecule has 0 fully saturated rings. The van der Waals surface area contributed by atoms with Gasteiger partial charge in [0.25, 0.3) is 5.56 Å². The number of aryl methyl sites for hydroxylation is 2. The lowest BCUT2D eigenvalue weighted by atomic mass is 10.1. The summed E-state index contributed by atoms with van der Waals surface area (Å²) in [6, 6.07) is 13.2. The monoisotopic (exact) mass is 378 g/mol. The van der Waals surface area contributed by atoms with E-state index in [1.54, 1.807) is 20.0 Å². The molecule has 0 unspecified atom stereocenters. The Morgan fingerprint density at radius 1 is 1.18 bits per heavy atom. The second-order valence-electron chi connectivity index (χ2n) is 6.43. The summed E-state index contributed by atoms with van der Waals surface area (Å²) < 4.78 is 5.75. The number of aromatic nitrogens is 3. The van der Waals surface area contributed by atoms with E-state index in [4.69, 9.17) is 4.74 Å². The maximum Gasteiger partial charge on any atom is 0.254 e. The van der Waals surface area contributed by atoms with E-state index >= 15 is 0 Å². The van der Waals surface area contributed by atoms with Gasteiger partial charge in [-0.25, -0.2) is 4.98 Å². The number of H-pyrrole nitrogens is 1. The van der Waals surface area contributed by atoms with Gasteiger partial charge >= 0.3 is 0 Å². The van der Waals surface area contributed by atoms with E-state index in [9.17, 15) is 9.59 Å². The molecule has 3 rings (SSSR count). The first kappa shape index (κ1) is 19.3. The van der Waals surface area contributed by atoms with Crippen LogP contribution in [-0.2, 0) is 24.4 Å². The quantitative estimate of drug-likeness (QED) is 0.657. The van der Waals surface area contributed by atoms with Crippen molar-refractivity contribution in [3.63, 3.8) is 0 Å². The molecule has 2 N–H and O–H groups in total. The molecule has 0 bridgehead atoms. The van der Waals surface area contributed by atoms with Gasteiger partial charge in [-0.1, -0.05) is 18.2 Å². The molecule has 144 valence electrons. The molecule has 0 aliphatic heterocycles. The normalized spacial score (nSPS) is 10.5. The van der Waals surface area contributed by atoms with Gasteiger partial charge in [-0.2, -0.15) is 0 Å². The lowest BCUT2D eigenvalue weighted by Gasteiger charge is -2.09. The summed E-state index contributed by atoms with van der Waals surface area (Å²) in [5, 5.41) is 2.83. The van der Waals surface area contributed by atoms with Gasteiger partial charge in [0.1, 0.15) is 18.2 Å². The number of nitrogens with one attached hydrogen (secondary N) is 2. The van der Waals surface area contributed by atoms with E-state index in [1.165, 1.54) is 0 Å². The number of benzene rings is 1. The van der Waals surface area contributed by atoms with Crippen molar-refractivity contribution in [2.24, 2.45) is 0 Å². The van der Waals surface area contributed by atoms with E-state index < -0.39 is 0 Å². The zero-order valence-electron chi connectivity index (χ0n) is 15.9. The number of nitrogens with zero attached hydrogens (tertiary/aromatic N) is 2. The predicted molar refractivity (Wildman–Crippen MR) is 105 cm³/mol. The third kappa shape index (κ3) is 5.26. The van der Waals surface area contributed by atoms with Gasteiger partial charge in [-0.15, -0.1) is 0 Å². The highest BCUT2D eigenvalue weighted by atomic mass is 16.5. The first-order chi connectivity index (χ1) is 13.5. The number of pyridine rings is 1. The fourth-order valence-corrected chi connectivity index (χ4v) is 2.77. The molecule has 1 aromatic carbocycles. The summed E-state index contributed by atoms with van der Waals surface area (Å²) in [6.45, 7) is 4.16. The number of hydrogen-bond donors (Lipinski definition) is 2. The standard InChI is InChI=1S/C21H22N4O3/c1-14-19(21(27)25-15(2)24-14)11-20(26)23-12-16-6-5-8-18(10-16)28-13-17-7-3-4-9-22-17/h3-10H,11-13H2,1-2H3,(H,23,26)(H,24,25,27). The van der Waals surface area contributed by atoms with Crippen molar-refractivity contribution in [3.8, 4) is 5.75 Å². The molecule has 0 spiro atoms. The minimum Gasteiger partial charge on any atom is -0.487 e. The van der Waals surface area contributed by atoms with Crippen molar-refractivity contribution in [1.29, 1.82) is 0 Å². The van der Waals surface area contributed by atoms with Crippen molar-refractivity contribution in [1.82, 2.24) is 20.3 Å². The van der Waals surface area contributed by atoms with Crippen molar-refractivity contribution in [3.05, 3.63) is 87.4 Å². The summed E-state index contributed by atoms with van der Waals surface area (Å²) in [4.78, 5) is 35.3. The first-order valence-corrected chi connectivity index (χ1v) is 8.96. The van der Waals surface area contributed by atoms with Crippen molar-refractivity contribution in [2.75, 3.05) is 0 Å². The van der Waals surface area contributed by atoms with Crippen LogP contribution in [0, 0.1) is 13.8 Å². The number of aromatic amines is 1. The molecule has 7 nitrogen and oxygen atoms in total. The number of carbonyl (C=O) groups excluding carboxylic acids is 1. The molecule has 0 aliphatic rings. The van der Waals surface area contributed by atoms with Crippen LogP contribution in [0.5, 0.6) is 5.75 Å². The zero-order valence-corrected chi connectivity index (χ0v) is 15.9. The molecule has 0 radical (unpaired) electrons. The summed E-state index contributed by atoms with van der Waals surface area (Å²) >= 11 is 0. The minimum atomic E-state index is -0.273. The molecule has 0 saturated carbocycles. The SMILES string of the molecule is Cc1nc(C)c(CC(=O)NCc2cccc(OCc3ccccn3)c2)c(=O)[nH]1. The Morgan fingerprint density at radius 3 is 2.79 bits per heavy atom. The number of rotatable bonds is 7. The summed E-state index contributed by atoms with van der Waals surface area (Å²) in [5.41, 5.74) is 2.43. The van der Waals surface area contributed by atoms with Crippen LogP contribution in [0.25, 0.3) is 0 Å². The average Bonchev–Trinajstić information content (AvgIpc) is 2.69. The molecule has 0 saturated heterocycles. The molecule has 7 heteroatoms. The molecule has 0 aliphatic carbocycles. The second kappa shape index (κ2) is 8.94. The molecular formula is C21H22N4O3. The number of ether oxygens (including phenoxy) is 1. The lowest BCUT2D eigenvalue weighted by molar-refractivity contribution is -0.120. The Labute approximate surface area is 162 Å². The van der Waals surface area contributed by atoms with Gasteiger partial charge in [0.15, 0.2) is 0 Å². The minimum absolute atomic E-state index is 0.00961. The Bertz CT molecular complexity index is 1020. The van der Waals surface area contributed by atoms with E-state index in [2.05, 4.69) is 20.3 Å². The van der Waals surface area contributed by atoms with Crippen molar-refractivity contribution >= 4 is 5.91 Å². The Morgan fingerprint density at radius 2 is 2.04 bits per heavy atom. The van der Waals surface area contributed by atoms with Crippen molar-refractivity contribution < 1.29 is 9.53 Å². The van der Waals surface area contributed by atoms with Crippen LogP contribution >= 0.6 is 0 Å². The maximum absolute atomic E-state index is 12.2. The molecule has 2 heterocycles. The summed E-state index contributed by atoms with van der Waals surface area (Å²) in [6.07, 6.45) is 1.71. The number of amides is 1. The third-order valence-electron chi connectivity index (χ3n) is 4.18.